The molecule has 7 heteroatoms. The Balaban J connectivity index is 2.79. The molecule has 0 atom stereocenters. The minimum absolute atomic E-state index is 0.0210. The number of aromatic nitrogens is 2. The number of nitrogens with one attached hydrogen (secondary N) is 2. The highest BCUT2D eigenvalue weighted by Gasteiger charge is 2.17. The van der Waals surface area contributed by atoms with E-state index < -0.39 is 0 Å². The minimum Gasteiger partial charge on any atom is -0.384 e. The fourth-order valence-electron chi connectivity index (χ4n) is 1.61. The molecule has 0 saturated heterocycles. The first-order valence-corrected chi connectivity index (χ1v) is 6.61. The van der Waals surface area contributed by atoms with Crippen molar-refractivity contribution in [1.82, 2.24) is 15.1 Å². The number of hydrogen-bond donors (Lipinski definition) is 3. The van der Waals surface area contributed by atoms with Gasteiger partial charge in [0.25, 0.3) is 0 Å². The molecular formula is C11H19N5OS. The average Bonchev–Trinajstić information content (AvgIpc) is 2.49. The summed E-state index contributed by atoms with van der Waals surface area (Å²) in [5.74, 6) is 0.230. The lowest BCUT2D eigenvalue weighted by molar-refractivity contribution is -0.119. The van der Waals surface area contributed by atoms with E-state index in [-0.39, 0.29) is 23.5 Å². The smallest absolute Gasteiger partial charge is 0.230 e. The number of nitrogens with two attached hydrogens (primary N) is 1. The van der Waals surface area contributed by atoms with E-state index in [2.05, 4.69) is 10.4 Å². The molecule has 0 radical (unpaired) electrons. The molecule has 0 aromatic carbocycles. The molecular weight excluding hydrogens is 250 g/mol. The molecule has 1 rings (SSSR count). The number of rotatable bonds is 5. The molecule has 1 aromatic rings. The highest BCUT2D eigenvalue weighted by molar-refractivity contribution is 8.00. The van der Waals surface area contributed by atoms with Crippen molar-refractivity contribution in [3.05, 3.63) is 11.3 Å². The normalized spacial score (nSPS) is 10.7. The first kappa shape index (κ1) is 14.6. The third kappa shape index (κ3) is 3.49. The van der Waals surface area contributed by atoms with E-state index in [1.54, 1.807) is 18.7 Å². The van der Waals surface area contributed by atoms with Crippen LogP contribution in [0, 0.1) is 12.3 Å². The molecule has 0 fully saturated rings. The highest BCUT2D eigenvalue weighted by atomic mass is 32.2. The van der Waals surface area contributed by atoms with Crippen molar-refractivity contribution in [2.75, 3.05) is 5.75 Å². The number of nitrogen functional groups attached to an aromatic ring is 1. The monoisotopic (exact) mass is 269 g/mol. The van der Waals surface area contributed by atoms with Crippen LogP contribution in [0.3, 0.4) is 0 Å². The van der Waals surface area contributed by atoms with Crippen LogP contribution in [0.15, 0.2) is 5.03 Å². The Bertz CT molecular complexity index is 466. The van der Waals surface area contributed by atoms with Gasteiger partial charge in [0.2, 0.25) is 5.91 Å². The first-order valence-electron chi connectivity index (χ1n) is 5.63. The molecule has 0 spiro atoms. The Labute approximate surface area is 111 Å². The Hall–Kier alpha value is -1.50. The summed E-state index contributed by atoms with van der Waals surface area (Å²) in [5.41, 5.74) is 6.85. The molecule has 0 aliphatic rings. The van der Waals surface area contributed by atoms with Gasteiger partial charge in [-0.3, -0.25) is 14.9 Å². The molecule has 0 aliphatic heterocycles. The van der Waals surface area contributed by atoms with Crippen LogP contribution < -0.4 is 11.1 Å². The standard InChI is InChI=1S/C11H19N5OS/c1-6(2)14-8(17)5-18-11-9(10(12)13)7(3)15-16(11)4/h6H,5H2,1-4H3,(H3,12,13)(H,14,17). The first-order chi connectivity index (χ1) is 8.32. The molecule has 0 unspecified atom stereocenters. The lowest BCUT2D eigenvalue weighted by atomic mass is 10.2. The van der Waals surface area contributed by atoms with Gasteiger partial charge < -0.3 is 11.1 Å². The van der Waals surface area contributed by atoms with E-state index in [0.717, 1.165) is 5.03 Å². The Morgan fingerprint density at radius 2 is 2.22 bits per heavy atom. The van der Waals surface area contributed by atoms with E-state index in [4.69, 9.17) is 11.1 Å². The summed E-state index contributed by atoms with van der Waals surface area (Å²) < 4.78 is 1.65. The molecule has 4 N–H and O–H groups in total. The van der Waals surface area contributed by atoms with Gasteiger partial charge in [0.1, 0.15) is 10.9 Å². The zero-order valence-corrected chi connectivity index (χ0v) is 11.9. The molecule has 100 valence electrons. The molecule has 18 heavy (non-hydrogen) atoms. The van der Waals surface area contributed by atoms with Crippen molar-refractivity contribution < 1.29 is 4.79 Å². The highest BCUT2D eigenvalue weighted by Crippen LogP contribution is 2.24. The Morgan fingerprint density at radius 3 is 2.72 bits per heavy atom. The molecule has 6 nitrogen and oxygen atoms in total. The number of carbonyl (C=O) groups excluding carboxylic acids is 1. The predicted octanol–water partition coefficient (Wildman–Crippen LogP) is 0.629. The molecule has 0 bridgehead atoms. The second-order valence-electron chi connectivity index (χ2n) is 4.31. The summed E-state index contributed by atoms with van der Waals surface area (Å²) in [6.07, 6.45) is 0. The summed E-state index contributed by atoms with van der Waals surface area (Å²) in [5, 5.41) is 15.3. The molecule has 0 saturated carbocycles. The van der Waals surface area contributed by atoms with Crippen molar-refractivity contribution in [2.24, 2.45) is 12.8 Å². The minimum atomic E-state index is -0.0386. The van der Waals surface area contributed by atoms with Crippen molar-refractivity contribution in [3.63, 3.8) is 0 Å². The molecule has 1 amide bonds. The fourth-order valence-corrected chi connectivity index (χ4v) is 2.59. The quantitative estimate of drug-likeness (QED) is 0.415. The van der Waals surface area contributed by atoms with Gasteiger partial charge in [-0.15, -0.1) is 0 Å². The van der Waals surface area contributed by atoms with Crippen molar-refractivity contribution in [1.29, 1.82) is 5.41 Å². The zero-order valence-electron chi connectivity index (χ0n) is 11.1. The molecule has 1 heterocycles. The topological polar surface area (TPSA) is 96.8 Å². The average molecular weight is 269 g/mol. The number of amidine groups is 1. The molecule has 0 aliphatic carbocycles. The van der Waals surface area contributed by atoms with Gasteiger partial charge in [0, 0.05) is 13.1 Å². The second-order valence-corrected chi connectivity index (χ2v) is 5.28. The summed E-state index contributed by atoms with van der Waals surface area (Å²) in [6.45, 7) is 5.63. The van der Waals surface area contributed by atoms with Gasteiger partial charge >= 0.3 is 0 Å². The Morgan fingerprint density at radius 1 is 1.61 bits per heavy atom. The lowest BCUT2D eigenvalue weighted by Gasteiger charge is -2.08. The van der Waals surface area contributed by atoms with Crippen molar-refractivity contribution in [3.8, 4) is 0 Å². The maximum absolute atomic E-state index is 11.6. The lowest BCUT2D eigenvalue weighted by Crippen LogP contribution is -2.31. The second kappa shape index (κ2) is 5.90. The van der Waals surface area contributed by atoms with Crippen LogP contribution in [0.2, 0.25) is 0 Å². The van der Waals surface area contributed by atoms with Crippen molar-refractivity contribution in [2.45, 2.75) is 31.8 Å². The number of thioether (sulfide) groups is 1. The summed E-state index contributed by atoms with van der Waals surface area (Å²) in [7, 11) is 1.78. The third-order valence-electron chi connectivity index (χ3n) is 2.23. The predicted molar refractivity (Wildman–Crippen MR) is 73.0 cm³/mol. The number of hydrogen-bond acceptors (Lipinski definition) is 4. The van der Waals surface area contributed by atoms with Gasteiger partial charge in [-0.25, -0.2) is 0 Å². The van der Waals surface area contributed by atoms with E-state index >= 15 is 0 Å². The van der Waals surface area contributed by atoms with E-state index in [1.165, 1.54) is 11.8 Å². The van der Waals surface area contributed by atoms with Crippen LogP contribution >= 0.6 is 11.8 Å². The van der Waals surface area contributed by atoms with Gasteiger partial charge in [0.05, 0.1) is 17.0 Å². The van der Waals surface area contributed by atoms with Crippen molar-refractivity contribution >= 4 is 23.5 Å². The number of amides is 1. The molecule has 1 aromatic heterocycles. The maximum Gasteiger partial charge on any atom is 0.230 e. The van der Waals surface area contributed by atoms with E-state index in [1.807, 2.05) is 13.8 Å². The summed E-state index contributed by atoms with van der Waals surface area (Å²) in [6, 6.07) is 0.124. The van der Waals surface area contributed by atoms with Gasteiger partial charge in [-0.2, -0.15) is 5.10 Å². The van der Waals surface area contributed by atoms with Crippen LogP contribution in [0.4, 0.5) is 0 Å². The van der Waals surface area contributed by atoms with E-state index in [9.17, 15) is 4.79 Å². The number of aryl methyl sites for hydroxylation is 2. The number of nitrogens with zero attached hydrogens (tertiary/aromatic N) is 2. The SMILES string of the molecule is Cc1nn(C)c(SCC(=O)NC(C)C)c1C(=N)N. The summed E-state index contributed by atoms with van der Waals surface area (Å²) >= 11 is 1.34. The summed E-state index contributed by atoms with van der Waals surface area (Å²) in [4.78, 5) is 11.6. The third-order valence-corrected chi connectivity index (χ3v) is 3.38. The fraction of sp³-hybridized carbons (Fsp3) is 0.545. The zero-order chi connectivity index (χ0) is 13.9. The van der Waals surface area contributed by atoms with Crippen LogP contribution in [-0.2, 0) is 11.8 Å². The van der Waals surface area contributed by atoms with Crippen LogP contribution in [-0.4, -0.2) is 33.3 Å². The van der Waals surface area contributed by atoms with Crippen LogP contribution in [0.1, 0.15) is 25.1 Å². The number of carbonyl (C=O) groups is 1. The van der Waals surface area contributed by atoms with Crippen LogP contribution in [0.25, 0.3) is 0 Å². The largest absolute Gasteiger partial charge is 0.384 e. The maximum atomic E-state index is 11.6. The van der Waals surface area contributed by atoms with Gasteiger partial charge in [0.15, 0.2) is 0 Å². The van der Waals surface area contributed by atoms with E-state index in [0.29, 0.717) is 11.3 Å². The Kier molecular flexibility index (Phi) is 4.77. The van der Waals surface area contributed by atoms with Gasteiger partial charge in [-0.1, -0.05) is 11.8 Å². The van der Waals surface area contributed by atoms with Gasteiger partial charge in [-0.05, 0) is 20.8 Å². The van der Waals surface area contributed by atoms with Crippen LogP contribution in [0.5, 0.6) is 0 Å².